The summed E-state index contributed by atoms with van der Waals surface area (Å²) >= 11 is 0. The molecule has 8 nitrogen and oxygen atoms in total. The first-order chi connectivity index (χ1) is 15.3. The lowest BCUT2D eigenvalue weighted by atomic mass is 10.2. The summed E-state index contributed by atoms with van der Waals surface area (Å²) < 4.78 is 38.4. The number of ether oxygens (including phenoxy) is 2. The maximum Gasteiger partial charge on any atom is 0.262 e. The van der Waals surface area contributed by atoms with Gasteiger partial charge in [0, 0.05) is 29.9 Å². The lowest BCUT2D eigenvalue weighted by Crippen LogP contribution is -2.40. The van der Waals surface area contributed by atoms with Crippen LogP contribution in [0.5, 0.6) is 5.75 Å². The molecular weight excluding hydrogens is 430 g/mol. The van der Waals surface area contributed by atoms with E-state index in [0.29, 0.717) is 48.8 Å². The van der Waals surface area contributed by atoms with Crippen molar-refractivity contribution in [1.29, 1.82) is 0 Å². The first kappa shape index (κ1) is 22.2. The molecule has 0 aliphatic carbocycles. The molecule has 0 bridgehead atoms. The molecule has 0 unspecified atom stereocenters. The van der Waals surface area contributed by atoms with Gasteiger partial charge >= 0.3 is 0 Å². The van der Waals surface area contributed by atoms with Crippen LogP contribution in [0.3, 0.4) is 0 Å². The zero-order valence-electron chi connectivity index (χ0n) is 18.0. The van der Waals surface area contributed by atoms with E-state index < -0.39 is 15.9 Å². The number of nitrogens with zero attached hydrogens (tertiary/aromatic N) is 2. The smallest absolute Gasteiger partial charge is 0.262 e. The predicted molar refractivity (Wildman–Crippen MR) is 121 cm³/mol. The van der Waals surface area contributed by atoms with Crippen molar-refractivity contribution in [3.05, 3.63) is 59.8 Å². The first-order valence-corrected chi connectivity index (χ1v) is 11.8. The van der Waals surface area contributed by atoms with Gasteiger partial charge in [0.1, 0.15) is 11.3 Å². The second-order valence-electron chi connectivity index (χ2n) is 7.61. The van der Waals surface area contributed by atoms with Crippen LogP contribution in [0.25, 0.3) is 10.9 Å². The summed E-state index contributed by atoms with van der Waals surface area (Å²) in [7, 11) is -3.67. The van der Waals surface area contributed by atoms with Gasteiger partial charge in [0.2, 0.25) is 10.0 Å². The SMILES string of the molecule is Cc1ccc2cccc(OCC(=O)Nc3ccc(C)c(S(=O)(=O)N4CCOCC4)c3)c2n1. The summed E-state index contributed by atoms with van der Waals surface area (Å²) in [5, 5.41) is 3.64. The van der Waals surface area contributed by atoms with Crippen molar-refractivity contribution in [2.45, 2.75) is 18.7 Å². The molecule has 1 aromatic heterocycles. The number of fused-ring (bicyclic) bond motifs is 1. The highest BCUT2D eigenvalue weighted by atomic mass is 32.2. The van der Waals surface area contributed by atoms with Crippen molar-refractivity contribution >= 4 is 32.5 Å². The molecule has 4 rings (SSSR count). The van der Waals surface area contributed by atoms with Gasteiger partial charge < -0.3 is 14.8 Å². The molecule has 2 heterocycles. The van der Waals surface area contributed by atoms with Crippen LogP contribution in [0.2, 0.25) is 0 Å². The fraction of sp³-hybridized carbons (Fsp3) is 0.304. The lowest BCUT2D eigenvalue weighted by molar-refractivity contribution is -0.118. The molecule has 1 N–H and O–H groups in total. The number of carbonyl (C=O) groups excluding carboxylic acids is 1. The van der Waals surface area contributed by atoms with Crippen LogP contribution in [-0.2, 0) is 19.6 Å². The Morgan fingerprint density at radius 2 is 1.91 bits per heavy atom. The van der Waals surface area contributed by atoms with Crippen molar-refractivity contribution in [2.24, 2.45) is 0 Å². The summed E-state index contributed by atoms with van der Waals surface area (Å²) in [6.45, 7) is 4.76. The first-order valence-electron chi connectivity index (χ1n) is 10.3. The fourth-order valence-corrected chi connectivity index (χ4v) is 5.21. The van der Waals surface area contributed by atoms with Gasteiger partial charge in [-0.1, -0.05) is 24.3 Å². The minimum Gasteiger partial charge on any atom is -0.481 e. The quantitative estimate of drug-likeness (QED) is 0.614. The number of hydrogen-bond donors (Lipinski definition) is 1. The Labute approximate surface area is 187 Å². The topological polar surface area (TPSA) is 97.8 Å². The molecule has 0 saturated carbocycles. The third-order valence-electron chi connectivity index (χ3n) is 5.24. The Bertz CT molecular complexity index is 1250. The van der Waals surface area contributed by atoms with Gasteiger partial charge in [-0.15, -0.1) is 0 Å². The Morgan fingerprint density at radius 3 is 2.69 bits per heavy atom. The number of morpholine rings is 1. The van der Waals surface area contributed by atoms with Gasteiger partial charge in [0.05, 0.1) is 18.1 Å². The highest BCUT2D eigenvalue weighted by Gasteiger charge is 2.28. The number of hydrogen-bond acceptors (Lipinski definition) is 6. The average molecular weight is 456 g/mol. The van der Waals surface area contributed by atoms with E-state index in [1.807, 2.05) is 31.2 Å². The Kier molecular flexibility index (Phi) is 6.40. The monoisotopic (exact) mass is 455 g/mol. The maximum absolute atomic E-state index is 13.0. The van der Waals surface area contributed by atoms with Crippen LogP contribution in [-0.4, -0.2) is 56.5 Å². The number of pyridine rings is 1. The molecule has 1 saturated heterocycles. The number of carbonyl (C=O) groups is 1. The largest absolute Gasteiger partial charge is 0.481 e. The van der Waals surface area contributed by atoms with Crippen molar-refractivity contribution in [3.63, 3.8) is 0 Å². The highest BCUT2D eigenvalue weighted by Crippen LogP contribution is 2.26. The van der Waals surface area contributed by atoms with E-state index in [0.717, 1.165) is 11.1 Å². The number of amides is 1. The minimum atomic E-state index is -3.67. The van der Waals surface area contributed by atoms with Crippen LogP contribution in [0.4, 0.5) is 5.69 Å². The van der Waals surface area contributed by atoms with Crippen LogP contribution in [0.15, 0.2) is 53.4 Å². The Hall–Kier alpha value is -3.01. The number of para-hydroxylation sites is 1. The van der Waals surface area contributed by atoms with Crippen LogP contribution in [0.1, 0.15) is 11.3 Å². The number of aromatic nitrogens is 1. The molecule has 168 valence electrons. The summed E-state index contributed by atoms with van der Waals surface area (Å²) in [6.07, 6.45) is 0. The molecule has 1 amide bonds. The number of aryl methyl sites for hydroxylation is 2. The van der Waals surface area contributed by atoms with Crippen molar-refractivity contribution in [2.75, 3.05) is 38.2 Å². The number of sulfonamides is 1. The van der Waals surface area contributed by atoms with Gasteiger partial charge in [-0.3, -0.25) is 4.79 Å². The predicted octanol–water partition coefficient (Wildman–Crippen LogP) is 2.89. The maximum atomic E-state index is 13.0. The van der Waals surface area contributed by atoms with E-state index in [1.54, 1.807) is 25.1 Å². The van der Waals surface area contributed by atoms with E-state index in [9.17, 15) is 13.2 Å². The summed E-state index contributed by atoms with van der Waals surface area (Å²) in [4.78, 5) is 17.2. The van der Waals surface area contributed by atoms with Gasteiger partial charge in [-0.05, 0) is 43.7 Å². The number of nitrogens with one attached hydrogen (secondary N) is 1. The Balaban J connectivity index is 1.47. The average Bonchev–Trinajstić information content (AvgIpc) is 2.79. The molecule has 3 aromatic rings. The van der Waals surface area contributed by atoms with E-state index >= 15 is 0 Å². The minimum absolute atomic E-state index is 0.173. The molecule has 2 aromatic carbocycles. The number of rotatable bonds is 6. The van der Waals surface area contributed by atoms with E-state index in [1.165, 1.54) is 10.4 Å². The third kappa shape index (κ3) is 4.74. The molecule has 9 heteroatoms. The molecule has 0 spiro atoms. The Morgan fingerprint density at radius 1 is 1.12 bits per heavy atom. The molecule has 1 aliphatic rings. The third-order valence-corrected chi connectivity index (χ3v) is 7.28. The fourth-order valence-electron chi connectivity index (χ4n) is 3.56. The molecule has 0 radical (unpaired) electrons. The van der Waals surface area contributed by atoms with Gasteiger partial charge in [0.15, 0.2) is 6.61 Å². The van der Waals surface area contributed by atoms with Gasteiger partial charge in [-0.25, -0.2) is 13.4 Å². The van der Waals surface area contributed by atoms with Gasteiger partial charge in [0.25, 0.3) is 5.91 Å². The highest BCUT2D eigenvalue weighted by molar-refractivity contribution is 7.89. The van der Waals surface area contributed by atoms with Crippen molar-refractivity contribution < 1.29 is 22.7 Å². The van der Waals surface area contributed by atoms with Crippen LogP contribution < -0.4 is 10.1 Å². The van der Waals surface area contributed by atoms with E-state index in [2.05, 4.69) is 10.3 Å². The van der Waals surface area contributed by atoms with Crippen molar-refractivity contribution in [3.8, 4) is 5.75 Å². The van der Waals surface area contributed by atoms with Gasteiger partial charge in [-0.2, -0.15) is 4.31 Å². The normalized spacial score (nSPS) is 14.9. The molecule has 1 aliphatic heterocycles. The number of anilines is 1. The second-order valence-corrected chi connectivity index (χ2v) is 9.52. The molecular formula is C23H25N3O5S. The zero-order chi connectivity index (χ0) is 22.7. The standard InChI is InChI=1S/C23H25N3O5S/c1-16-6-9-19(14-21(16)32(28,29)26-10-12-30-13-11-26)25-22(27)15-31-20-5-3-4-18-8-7-17(2)24-23(18)20/h3-9,14H,10-13,15H2,1-2H3,(H,25,27). The van der Waals surface area contributed by atoms with Crippen molar-refractivity contribution in [1.82, 2.24) is 9.29 Å². The summed E-state index contributed by atoms with van der Waals surface area (Å²) in [6, 6.07) is 14.2. The summed E-state index contributed by atoms with van der Waals surface area (Å²) in [5.74, 6) is 0.120. The molecule has 1 fully saturated rings. The second kappa shape index (κ2) is 9.23. The van der Waals surface area contributed by atoms with E-state index in [-0.39, 0.29) is 11.5 Å². The molecule has 0 atom stereocenters. The lowest BCUT2D eigenvalue weighted by Gasteiger charge is -2.26. The van der Waals surface area contributed by atoms with Crippen LogP contribution in [0, 0.1) is 13.8 Å². The molecule has 32 heavy (non-hydrogen) atoms. The van der Waals surface area contributed by atoms with E-state index in [4.69, 9.17) is 9.47 Å². The summed E-state index contributed by atoms with van der Waals surface area (Å²) in [5.41, 5.74) is 2.55. The zero-order valence-corrected chi connectivity index (χ0v) is 18.8. The number of benzene rings is 2. The van der Waals surface area contributed by atoms with Crippen LogP contribution >= 0.6 is 0 Å².